The predicted octanol–water partition coefficient (Wildman–Crippen LogP) is 3.36. The van der Waals surface area contributed by atoms with Crippen LogP contribution in [0.15, 0.2) is 0 Å². The van der Waals surface area contributed by atoms with Gasteiger partial charge in [-0.2, -0.15) is 0 Å². The highest BCUT2D eigenvalue weighted by Crippen LogP contribution is 2.39. The molecule has 0 saturated carbocycles. The minimum absolute atomic E-state index is 0.181. The van der Waals surface area contributed by atoms with E-state index in [1.165, 1.54) is 0 Å². The zero-order valence-corrected chi connectivity index (χ0v) is 12.1. The molecule has 0 aliphatic heterocycles. The third kappa shape index (κ3) is 5.33. The lowest BCUT2D eigenvalue weighted by atomic mass is 9.69. The Balaban J connectivity index is 4.62. The maximum Gasteiger partial charge on any atom is 0.306 e. The van der Waals surface area contributed by atoms with E-state index in [2.05, 4.69) is 0 Å². The van der Waals surface area contributed by atoms with E-state index in [1.807, 2.05) is 27.7 Å². The van der Waals surface area contributed by atoms with Crippen LogP contribution in [-0.2, 0) is 14.3 Å². The average molecular weight is 242 g/mol. The summed E-state index contributed by atoms with van der Waals surface area (Å²) in [5.41, 5.74) is -0.543. The van der Waals surface area contributed by atoms with Gasteiger partial charge in [0.05, 0.1) is 13.0 Å². The Morgan fingerprint density at radius 2 is 1.65 bits per heavy atom. The Morgan fingerprint density at radius 1 is 1.12 bits per heavy atom. The van der Waals surface area contributed by atoms with Gasteiger partial charge in [0.1, 0.15) is 5.78 Å². The average Bonchev–Trinajstić information content (AvgIpc) is 2.15. The SMILES string of the molecule is CCOC(=O)CC(C)(C)CC(C)(CC)C(C)=O. The molecule has 0 rings (SSSR count). The van der Waals surface area contributed by atoms with Crippen LogP contribution >= 0.6 is 0 Å². The molecule has 3 nitrogen and oxygen atoms in total. The van der Waals surface area contributed by atoms with Gasteiger partial charge in [-0.05, 0) is 32.1 Å². The van der Waals surface area contributed by atoms with E-state index in [1.54, 1.807) is 13.8 Å². The zero-order chi connectivity index (χ0) is 13.7. The molecule has 0 spiro atoms. The molecule has 0 heterocycles. The van der Waals surface area contributed by atoms with Gasteiger partial charge in [0.15, 0.2) is 0 Å². The van der Waals surface area contributed by atoms with Crippen LogP contribution in [0.5, 0.6) is 0 Å². The van der Waals surface area contributed by atoms with Crippen molar-refractivity contribution < 1.29 is 14.3 Å². The largest absolute Gasteiger partial charge is 0.466 e. The second kappa shape index (κ2) is 6.18. The van der Waals surface area contributed by atoms with E-state index < -0.39 is 0 Å². The molecule has 0 aliphatic carbocycles. The normalized spacial score (nSPS) is 15.2. The molecule has 0 aromatic rings. The fourth-order valence-corrected chi connectivity index (χ4v) is 2.22. The first-order valence-corrected chi connectivity index (χ1v) is 6.33. The maximum absolute atomic E-state index is 11.7. The lowest BCUT2D eigenvalue weighted by Gasteiger charge is -2.34. The summed E-state index contributed by atoms with van der Waals surface area (Å²) in [5, 5.41) is 0. The minimum atomic E-state index is -0.337. The standard InChI is InChI=1S/C14H26O3/c1-7-14(6,11(3)15)10-13(4,5)9-12(16)17-8-2/h7-10H2,1-6H3. The number of carbonyl (C=O) groups excluding carboxylic acids is 2. The van der Waals surface area contributed by atoms with Crippen LogP contribution < -0.4 is 0 Å². The van der Waals surface area contributed by atoms with E-state index in [9.17, 15) is 9.59 Å². The van der Waals surface area contributed by atoms with Gasteiger partial charge in [-0.1, -0.05) is 27.7 Å². The smallest absolute Gasteiger partial charge is 0.306 e. The van der Waals surface area contributed by atoms with E-state index in [4.69, 9.17) is 4.74 Å². The highest BCUT2D eigenvalue weighted by Gasteiger charge is 2.36. The number of ketones is 1. The van der Waals surface area contributed by atoms with Gasteiger partial charge < -0.3 is 4.74 Å². The van der Waals surface area contributed by atoms with Crippen molar-refractivity contribution in [2.45, 2.75) is 60.8 Å². The predicted molar refractivity (Wildman–Crippen MR) is 68.7 cm³/mol. The van der Waals surface area contributed by atoms with Crippen molar-refractivity contribution in [2.75, 3.05) is 6.61 Å². The van der Waals surface area contributed by atoms with Crippen LogP contribution in [0.25, 0.3) is 0 Å². The summed E-state index contributed by atoms with van der Waals surface area (Å²) in [5.74, 6) is 0.0106. The quantitative estimate of drug-likeness (QED) is 0.643. The van der Waals surface area contributed by atoms with Crippen LogP contribution in [0.3, 0.4) is 0 Å². The molecule has 0 aliphatic rings. The number of hydrogen-bond acceptors (Lipinski definition) is 3. The highest BCUT2D eigenvalue weighted by molar-refractivity contribution is 5.82. The summed E-state index contributed by atoms with van der Waals surface area (Å²) in [7, 11) is 0. The molecule has 0 aromatic carbocycles. The van der Waals surface area contributed by atoms with Crippen molar-refractivity contribution in [3.63, 3.8) is 0 Å². The third-order valence-corrected chi connectivity index (χ3v) is 3.43. The van der Waals surface area contributed by atoms with Gasteiger partial charge in [-0.25, -0.2) is 0 Å². The van der Waals surface area contributed by atoms with Crippen molar-refractivity contribution in [2.24, 2.45) is 10.8 Å². The Hall–Kier alpha value is -0.860. The van der Waals surface area contributed by atoms with Crippen LogP contribution in [-0.4, -0.2) is 18.4 Å². The Morgan fingerprint density at radius 3 is 2.00 bits per heavy atom. The van der Waals surface area contributed by atoms with Crippen LogP contribution in [0.1, 0.15) is 60.8 Å². The van der Waals surface area contributed by atoms with Gasteiger partial charge in [-0.15, -0.1) is 0 Å². The molecule has 0 amide bonds. The number of hydrogen-bond donors (Lipinski definition) is 0. The first-order chi connectivity index (χ1) is 7.67. The van der Waals surface area contributed by atoms with Crippen LogP contribution in [0, 0.1) is 10.8 Å². The van der Waals surface area contributed by atoms with Gasteiger partial charge in [0.2, 0.25) is 0 Å². The van der Waals surface area contributed by atoms with Crippen LogP contribution in [0.4, 0.5) is 0 Å². The summed E-state index contributed by atoms with van der Waals surface area (Å²) in [6, 6.07) is 0. The van der Waals surface area contributed by atoms with Gasteiger partial charge in [-0.3, -0.25) is 9.59 Å². The minimum Gasteiger partial charge on any atom is -0.466 e. The molecule has 17 heavy (non-hydrogen) atoms. The second-order valence-corrected chi connectivity index (χ2v) is 5.79. The Kier molecular flexibility index (Phi) is 5.86. The van der Waals surface area contributed by atoms with Gasteiger partial charge >= 0.3 is 5.97 Å². The van der Waals surface area contributed by atoms with Gasteiger partial charge in [0.25, 0.3) is 0 Å². The highest BCUT2D eigenvalue weighted by atomic mass is 16.5. The number of Topliss-reactive ketones (excluding diaryl/α,β-unsaturated/α-hetero) is 1. The summed E-state index contributed by atoms with van der Waals surface area (Å²) in [4.78, 5) is 23.2. The summed E-state index contributed by atoms with van der Waals surface area (Å²) >= 11 is 0. The molecule has 1 atom stereocenters. The topological polar surface area (TPSA) is 43.4 Å². The molecular weight excluding hydrogens is 216 g/mol. The molecule has 0 saturated heterocycles. The summed E-state index contributed by atoms with van der Waals surface area (Å²) in [6.45, 7) is 11.9. The van der Waals surface area contributed by atoms with E-state index >= 15 is 0 Å². The van der Waals surface area contributed by atoms with Crippen molar-refractivity contribution in [3.05, 3.63) is 0 Å². The molecule has 0 bridgehead atoms. The van der Waals surface area contributed by atoms with Crippen molar-refractivity contribution in [1.82, 2.24) is 0 Å². The number of carbonyl (C=O) groups is 2. The van der Waals surface area contributed by atoms with E-state index in [0.717, 1.165) is 6.42 Å². The Bertz CT molecular complexity index is 281. The molecular formula is C14H26O3. The lowest BCUT2D eigenvalue weighted by molar-refractivity contribution is -0.146. The zero-order valence-electron chi connectivity index (χ0n) is 12.1. The molecule has 0 fully saturated rings. The molecule has 100 valence electrons. The molecule has 0 radical (unpaired) electrons. The number of ether oxygens (including phenoxy) is 1. The first kappa shape index (κ1) is 16.1. The van der Waals surface area contributed by atoms with Crippen LogP contribution in [0.2, 0.25) is 0 Å². The molecule has 3 heteroatoms. The van der Waals surface area contributed by atoms with Gasteiger partial charge in [0, 0.05) is 5.41 Å². The summed E-state index contributed by atoms with van der Waals surface area (Å²) in [6.07, 6.45) is 1.88. The molecule has 1 unspecified atom stereocenters. The first-order valence-electron chi connectivity index (χ1n) is 6.33. The Labute approximate surface area is 105 Å². The number of rotatable bonds is 7. The second-order valence-electron chi connectivity index (χ2n) is 5.79. The van der Waals surface area contributed by atoms with E-state index in [0.29, 0.717) is 19.4 Å². The molecule has 0 aromatic heterocycles. The lowest BCUT2D eigenvalue weighted by Crippen LogP contribution is -2.32. The maximum atomic E-state index is 11.7. The fraction of sp³-hybridized carbons (Fsp3) is 0.857. The van der Waals surface area contributed by atoms with Crippen molar-refractivity contribution in [3.8, 4) is 0 Å². The van der Waals surface area contributed by atoms with Crippen molar-refractivity contribution >= 4 is 11.8 Å². The van der Waals surface area contributed by atoms with Crippen molar-refractivity contribution in [1.29, 1.82) is 0 Å². The van der Waals surface area contributed by atoms with E-state index in [-0.39, 0.29) is 22.6 Å². The fourth-order valence-electron chi connectivity index (χ4n) is 2.22. The monoisotopic (exact) mass is 242 g/mol. The summed E-state index contributed by atoms with van der Waals surface area (Å²) < 4.78 is 4.96. The third-order valence-electron chi connectivity index (χ3n) is 3.43. The molecule has 0 N–H and O–H groups in total. The number of esters is 1.